The van der Waals surface area contributed by atoms with Gasteiger partial charge in [0.1, 0.15) is 13.2 Å². The third-order valence-corrected chi connectivity index (χ3v) is 3.41. The first-order chi connectivity index (χ1) is 9.32. The minimum atomic E-state index is -1.08. The Morgan fingerprint density at radius 3 is 2.55 bits per heavy atom. The van der Waals surface area contributed by atoms with Gasteiger partial charge in [-0.1, -0.05) is 0 Å². The van der Waals surface area contributed by atoms with Crippen LogP contribution in [0.1, 0.15) is 13.3 Å². The summed E-state index contributed by atoms with van der Waals surface area (Å²) in [5.41, 5.74) is 0. The second-order valence-corrected chi connectivity index (χ2v) is 5.85. The second-order valence-electron chi connectivity index (χ2n) is 4.40. The number of esters is 1. The minimum absolute atomic E-state index is 0.231. The van der Waals surface area contributed by atoms with Crippen molar-refractivity contribution in [1.82, 2.24) is 10.2 Å². The van der Waals surface area contributed by atoms with Gasteiger partial charge in [0.15, 0.2) is 0 Å². The number of carbonyl (C=O) groups excluding carboxylic acids is 2. The van der Waals surface area contributed by atoms with Gasteiger partial charge in [0.25, 0.3) is 0 Å². The number of carboxylic acids is 1. The molecule has 0 rings (SSSR count). The van der Waals surface area contributed by atoms with Crippen LogP contribution in [0, 0.1) is 0 Å². The first kappa shape index (κ1) is 18.7. The van der Waals surface area contributed by atoms with Crippen molar-refractivity contribution >= 4 is 29.6 Å². The molecular formula is C12H22N2O5S. The maximum atomic E-state index is 11.5. The Morgan fingerprint density at radius 1 is 1.35 bits per heavy atom. The van der Waals surface area contributed by atoms with E-state index in [2.05, 4.69) is 5.32 Å². The van der Waals surface area contributed by atoms with Crippen LogP contribution in [0.25, 0.3) is 0 Å². The summed E-state index contributed by atoms with van der Waals surface area (Å²) in [6, 6.07) is 0. The zero-order valence-electron chi connectivity index (χ0n) is 12.0. The van der Waals surface area contributed by atoms with Gasteiger partial charge in [-0.15, -0.1) is 11.8 Å². The minimum Gasteiger partial charge on any atom is -0.480 e. The Morgan fingerprint density at radius 2 is 2.00 bits per heavy atom. The molecule has 1 atom stereocenters. The van der Waals surface area contributed by atoms with Crippen LogP contribution in [0.15, 0.2) is 0 Å². The quantitative estimate of drug-likeness (QED) is 0.540. The van der Waals surface area contributed by atoms with Crippen molar-refractivity contribution in [3.8, 4) is 0 Å². The first-order valence-corrected chi connectivity index (χ1v) is 7.29. The highest BCUT2D eigenvalue weighted by molar-refractivity contribution is 8.00. The van der Waals surface area contributed by atoms with Gasteiger partial charge in [-0.05, 0) is 21.0 Å². The molecule has 0 aromatic heterocycles. The Balaban J connectivity index is 3.69. The van der Waals surface area contributed by atoms with Crippen LogP contribution < -0.4 is 5.32 Å². The summed E-state index contributed by atoms with van der Waals surface area (Å²) in [5, 5.41) is 10.3. The Hall–Kier alpha value is -1.28. The lowest BCUT2D eigenvalue weighted by Gasteiger charge is -2.11. The maximum Gasteiger partial charge on any atom is 0.322 e. The third kappa shape index (κ3) is 10.6. The number of amides is 1. The molecule has 0 radical (unpaired) electrons. The van der Waals surface area contributed by atoms with E-state index in [0.717, 1.165) is 0 Å². The van der Waals surface area contributed by atoms with Crippen LogP contribution in [-0.2, 0) is 19.1 Å². The zero-order valence-corrected chi connectivity index (χ0v) is 12.9. The van der Waals surface area contributed by atoms with E-state index in [4.69, 9.17) is 9.84 Å². The SMILES string of the molecule is CC(SCCC(=O)OCCN(C)C)C(=O)NCC(=O)O. The third-order valence-electron chi connectivity index (χ3n) is 2.26. The van der Waals surface area contributed by atoms with Crippen LogP contribution in [0.3, 0.4) is 0 Å². The monoisotopic (exact) mass is 306 g/mol. The summed E-state index contributed by atoms with van der Waals surface area (Å²) in [7, 11) is 3.78. The normalized spacial score (nSPS) is 12.0. The summed E-state index contributed by atoms with van der Waals surface area (Å²) in [4.78, 5) is 35.0. The summed E-state index contributed by atoms with van der Waals surface area (Å²) >= 11 is 1.29. The van der Waals surface area contributed by atoms with E-state index in [0.29, 0.717) is 18.9 Å². The molecular weight excluding hydrogens is 284 g/mol. The summed E-state index contributed by atoms with van der Waals surface area (Å²) < 4.78 is 5.00. The fraction of sp³-hybridized carbons (Fsp3) is 0.750. The first-order valence-electron chi connectivity index (χ1n) is 6.24. The molecule has 0 saturated carbocycles. The van der Waals surface area contributed by atoms with Gasteiger partial charge in [-0.2, -0.15) is 0 Å². The molecule has 0 aliphatic carbocycles. The largest absolute Gasteiger partial charge is 0.480 e. The highest BCUT2D eigenvalue weighted by Gasteiger charge is 2.14. The Bertz CT molecular complexity index is 336. The van der Waals surface area contributed by atoms with Crippen LogP contribution in [0.5, 0.6) is 0 Å². The van der Waals surface area contributed by atoms with E-state index < -0.39 is 17.8 Å². The lowest BCUT2D eigenvalue weighted by atomic mass is 10.4. The Kier molecular flexibility index (Phi) is 9.83. The molecule has 2 N–H and O–H groups in total. The highest BCUT2D eigenvalue weighted by atomic mass is 32.2. The van der Waals surface area contributed by atoms with Gasteiger partial charge in [0.2, 0.25) is 5.91 Å². The van der Waals surface area contributed by atoms with Crippen molar-refractivity contribution in [1.29, 1.82) is 0 Å². The molecule has 0 aromatic rings. The standard InChI is InChI=1S/C12H22N2O5S/c1-9(12(18)13-8-10(15)16)20-7-4-11(17)19-6-5-14(2)3/h9H,4-8H2,1-3H3,(H,13,18)(H,15,16). The number of thioether (sulfide) groups is 1. The van der Waals surface area contributed by atoms with Crippen molar-refractivity contribution in [2.75, 3.05) is 39.5 Å². The van der Waals surface area contributed by atoms with Gasteiger partial charge in [-0.3, -0.25) is 14.4 Å². The summed E-state index contributed by atoms with van der Waals surface area (Å²) in [6.45, 7) is 2.30. The molecule has 7 nitrogen and oxygen atoms in total. The number of aliphatic carboxylic acids is 1. The molecule has 0 spiro atoms. The Labute approximate surface area is 123 Å². The number of rotatable bonds is 10. The van der Waals surface area contributed by atoms with E-state index in [9.17, 15) is 14.4 Å². The number of nitrogens with zero attached hydrogens (tertiary/aromatic N) is 1. The molecule has 1 unspecified atom stereocenters. The zero-order chi connectivity index (χ0) is 15.5. The van der Waals surface area contributed by atoms with Crippen molar-refractivity contribution in [3.05, 3.63) is 0 Å². The average Bonchev–Trinajstić information content (AvgIpc) is 2.35. The number of nitrogens with one attached hydrogen (secondary N) is 1. The smallest absolute Gasteiger partial charge is 0.322 e. The molecule has 1 amide bonds. The molecule has 116 valence electrons. The van der Waals surface area contributed by atoms with Crippen LogP contribution in [0.2, 0.25) is 0 Å². The summed E-state index contributed by atoms with van der Waals surface area (Å²) in [6.07, 6.45) is 0.231. The number of hydrogen-bond acceptors (Lipinski definition) is 6. The molecule has 0 aliphatic rings. The van der Waals surface area contributed by atoms with Gasteiger partial charge in [0.05, 0.1) is 11.7 Å². The number of hydrogen-bond donors (Lipinski definition) is 2. The van der Waals surface area contributed by atoms with Gasteiger partial charge >= 0.3 is 11.9 Å². The average molecular weight is 306 g/mol. The van der Waals surface area contributed by atoms with Crippen molar-refractivity contribution in [3.63, 3.8) is 0 Å². The van der Waals surface area contributed by atoms with E-state index in [1.807, 2.05) is 19.0 Å². The van der Waals surface area contributed by atoms with Crippen LogP contribution >= 0.6 is 11.8 Å². The molecule has 0 heterocycles. The second kappa shape index (κ2) is 10.5. The fourth-order valence-electron chi connectivity index (χ4n) is 1.12. The van der Waals surface area contributed by atoms with E-state index in [1.165, 1.54) is 11.8 Å². The van der Waals surface area contributed by atoms with Crippen molar-refractivity contribution in [2.45, 2.75) is 18.6 Å². The molecule has 0 aliphatic heterocycles. The van der Waals surface area contributed by atoms with Gasteiger partial charge in [0, 0.05) is 12.3 Å². The lowest BCUT2D eigenvalue weighted by Crippen LogP contribution is -2.35. The lowest BCUT2D eigenvalue weighted by molar-refractivity contribution is -0.143. The molecule has 0 saturated heterocycles. The number of ether oxygens (including phenoxy) is 1. The molecule has 8 heteroatoms. The summed E-state index contributed by atoms with van der Waals surface area (Å²) in [5.74, 6) is -1.27. The number of carboxylic acid groups (broad SMARTS) is 1. The number of carbonyl (C=O) groups is 3. The predicted molar refractivity (Wildman–Crippen MR) is 76.7 cm³/mol. The van der Waals surface area contributed by atoms with E-state index in [-0.39, 0.29) is 18.3 Å². The fourth-order valence-corrected chi connectivity index (χ4v) is 1.99. The van der Waals surface area contributed by atoms with Crippen LogP contribution in [-0.4, -0.2) is 72.6 Å². The molecule has 0 bridgehead atoms. The van der Waals surface area contributed by atoms with Crippen molar-refractivity contribution < 1.29 is 24.2 Å². The topological polar surface area (TPSA) is 95.9 Å². The van der Waals surface area contributed by atoms with Crippen molar-refractivity contribution in [2.24, 2.45) is 0 Å². The number of likely N-dealkylation sites (N-methyl/N-ethyl adjacent to an activating group) is 1. The predicted octanol–water partition coefficient (Wildman–Crippen LogP) is -0.196. The van der Waals surface area contributed by atoms with E-state index in [1.54, 1.807) is 6.92 Å². The van der Waals surface area contributed by atoms with E-state index >= 15 is 0 Å². The van der Waals surface area contributed by atoms with Crippen LogP contribution in [0.4, 0.5) is 0 Å². The molecule has 0 fully saturated rings. The maximum absolute atomic E-state index is 11.5. The molecule has 20 heavy (non-hydrogen) atoms. The van der Waals surface area contributed by atoms with Gasteiger partial charge in [-0.25, -0.2) is 0 Å². The molecule has 0 aromatic carbocycles. The highest BCUT2D eigenvalue weighted by Crippen LogP contribution is 2.12. The van der Waals surface area contributed by atoms with Gasteiger partial charge < -0.3 is 20.1 Å².